The van der Waals surface area contributed by atoms with Crippen molar-refractivity contribution < 1.29 is 163 Å². The van der Waals surface area contributed by atoms with Gasteiger partial charge >= 0.3 is 0 Å². The van der Waals surface area contributed by atoms with Crippen molar-refractivity contribution in [1.82, 2.24) is 16.0 Å². The fraction of sp³-hybridized carbons (Fsp3) is 0.938. The summed E-state index contributed by atoms with van der Waals surface area (Å²) >= 11 is 0. The van der Waals surface area contributed by atoms with E-state index in [2.05, 4.69) is 29.8 Å². The van der Waals surface area contributed by atoms with E-state index in [1.54, 1.807) is 6.08 Å². The van der Waals surface area contributed by atoms with Gasteiger partial charge in [-0.15, -0.1) is 0 Å². The van der Waals surface area contributed by atoms with Gasteiger partial charge in [-0.05, 0) is 19.3 Å². The largest absolute Gasteiger partial charge is 0.394 e. The molecule has 12 unspecified atom stereocenters. The quantitative estimate of drug-likeness (QED) is 0.0260. The third-order valence-corrected chi connectivity index (χ3v) is 22.7. The van der Waals surface area contributed by atoms with Gasteiger partial charge in [-0.25, -0.2) is 0 Å². The van der Waals surface area contributed by atoms with E-state index >= 15 is 0 Å². The second kappa shape index (κ2) is 55.2. The van der Waals surface area contributed by atoms with Crippen LogP contribution in [0, 0.1) is 0 Å². The molecule has 6 fully saturated rings. The first-order valence-corrected chi connectivity index (χ1v) is 43.0. The summed E-state index contributed by atoms with van der Waals surface area (Å²) < 4.78 is 70.9. The Hall–Kier alpha value is -3.05. The molecule has 21 N–H and O–H groups in total. The lowest BCUT2D eigenvalue weighted by atomic mass is 9.93. The number of aliphatic hydroxyl groups is 18. The number of allylic oxidation sites excluding steroid dienone is 1. The lowest BCUT2D eigenvalue weighted by Crippen LogP contribution is -2.70. The van der Waals surface area contributed by atoms with Crippen LogP contribution in [0.4, 0.5) is 0 Å². The minimum Gasteiger partial charge on any atom is -0.394 e. The van der Waals surface area contributed by atoms with Gasteiger partial charge in [0.25, 0.3) is 0 Å². The van der Waals surface area contributed by atoms with Gasteiger partial charge in [0.2, 0.25) is 17.7 Å². The average Bonchev–Trinajstić information content (AvgIpc) is 0.772. The molecule has 6 saturated heterocycles. The highest BCUT2D eigenvalue weighted by molar-refractivity contribution is 5.76. The Morgan fingerprint density at radius 2 is 0.638 bits per heavy atom. The number of hydrogen-bond donors (Lipinski definition) is 21. The molecule has 0 saturated carbocycles. The maximum absolute atomic E-state index is 13.6. The minimum atomic E-state index is -2.24. The fourth-order valence-electron chi connectivity index (χ4n) is 15.8. The smallest absolute Gasteiger partial charge is 0.220 e. The molecule has 3 amide bonds. The van der Waals surface area contributed by atoms with Crippen LogP contribution in [0.5, 0.6) is 0 Å². The molecule has 678 valence electrons. The van der Waals surface area contributed by atoms with Crippen LogP contribution in [-0.2, 0) is 71.2 Å². The first-order chi connectivity index (χ1) is 55.8. The third-order valence-electron chi connectivity index (χ3n) is 22.7. The average molecular weight is 1680 g/mol. The van der Waals surface area contributed by atoms with E-state index in [0.29, 0.717) is 12.8 Å². The fourth-order valence-corrected chi connectivity index (χ4v) is 15.8. The Morgan fingerprint density at radius 1 is 0.336 bits per heavy atom. The number of hydrogen-bond acceptors (Lipinski definition) is 33. The molecule has 0 aromatic rings. The Bertz CT molecular complexity index is 2670. The van der Waals surface area contributed by atoms with Crippen LogP contribution in [0.1, 0.15) is 233 Å². The predicted octanol–water partition coefficient (Wildman–Crippen LogP) is -0.864. The topological polar surface area (TPSA) is 562 Å². The summed E-state index contributed by atoms with van der Waals surface area (Å²) in [7, 11) is 0. The first-order valence-electron chi connectivity index (χ1n) is 43.0. The van der Waals surface area contributed by atoms with E-state index in [1.165, 1.54) is 135 Å². The Labute approximate surface area is 682 Å². The van der Waals surface area contributed by atoms with Crippen molar-refractivity contribution in [1.29, 1.82) is 0 Å². The molecule has 0 spiro atoms. The molecule has 0 radical (unpaired) electrons. The van der Waals surface area contributed by atoms with E-state index in [-0.39, 0.29) is 12.3 Å². The number of amides is 3. The van der Waals surface area contributed by atoms with Crippen LogP contribution < -0.4 is 16.0 Å². The molecular formula is C80H145N3O33. The molecule has 36 nitrogen and oxygen atoms in total. The van der Waals surface area contributed by atoms with Gasteiger partial charge in [-0.2, -0.15) is 0 Å². The monoisotopic (exact) mass is 1680 g/mol. The molecule has 6 heterocycles. The molecule has 0 aromatic carbocycles. The van der Waals surface area contributed by atoms with E-state index in [1.807, 2.05) is 6.08 Å². The molecule has 0 bridgehead atoms. The van der Waals surface area contributed by atoms with Crippen molar-refractivity contribution >= 4 is 17.7 Å². The first kappa shape index (κ1) is 102. The summed E-state index contributed by atoms with van der Waals surface area (Å²) in [6, 6.07) is -4.66. The summed E-state index contributed by atoms with van der Waals surface area (Å²) in [6.07, 6.45) is -14.9. The molecule has 32 atom stereocenters. The van der Waals surface area contributed by atoms with Crippen molar-refractivity contribution in [3.05, 3.63) is 12.2 Å². The highest BCUT2D eigenvalue weighted by Crippen LogP contribution is 2.38. The number of nitrogens with one attached hydrogen (secondary N) is 3. The van der Waals surface area contributed by atoms with E-state index in [9.17, 15) is 106 Å². The second-order valence-electron chi connectivity index (χ2n) is 32.1. The van der Waals surface area contributed by atoms with Crippen molar-refractivity contribution in [2.24, 2.45) is 0 Å². The van der Waals surface area contributed by atoms with Crippen LogP contribution in [-0.4, -0.2) is 352 Å². The van der Waals surface area contributed by atoms with Crippen LogP contribution in [0.25, 0.3) is 0 Å². The maximum atomic E-state index is 13.6. The highest BCUT2D eigenvalue weighted by atomic mass is 16.8. The highest BCUT2D eigenvalue weighted by Gasteiger charge is 2.59. The second-order valence-corrected chi connectivity index (χ2v) is 32.1. The summed E-state index contributed by atoms with van der Waals surface area (Å²) in [6.45, 7) is 0.105. The normalized spacial score (nSPS) is 36.3. The summed E-state index contributed by atoms with van der Waals surface area (Å²) in [4.78, 5) is 39.2. The molecule has 0 aromatic heterocycles. The molecule has 0 aliphatic carbocycles. The zero-order chi connectivity index (χ0) is 84.8. The van der Waals surface area contributed by atoms with Gasteiger partial charge in [-0.1, -0.05) is 206 Å². The minimum absolute atomic E-state index is 0.176. The van der Waals surface area contributed by atoms with Crippen LogP contribution in [0.2, 0.25) is 0 Å². The lowest BCUT2D eigenvalue weighted by molar-refractivity contribution is -0.387. The van der Waals surface area contributed by atoms with E-state index in [0.717, 1.165) is 65.2 Å². The standard InChI is InChI=1S/C80H145N3O33/c1-5-7-9-11-13-15-17-19-20-21-22-23-24-26-28-30-32-34-36-38-56(93)83-48(49(92)37-35-33-31-29-27-25-18-16-14-12-10-8-6-2)45-105-77-67(102)65(100)72(55(44-89)111-77)114-80-69(104)74(61(96)52(41-86)108-80)116-76-58(82-47(4)91)63(98)71(54(43-88)110-76)113-79-68(103)73(60(95)51(40-85)107-79)115-75-57(81-46(3)90)62(97)70(53(42-87)109-75)112-78-66(101)64(99)59(94)50(39-84)106-78/h35,37,48-55,57-80,84-89,92,94-104H,5-34,36,38-45H2,1-4H3,(H,81,90)(H,82,91)(H,83,93)/b37-35+/t48-,49+,50?,51?,52?,53?,54?,55?,57?,58?,59-,60-,61-,62+,63+,64-,65+,66?,67?,68?,69?,70+,71+,72+,73-,74-,75+,76-,77+,78-,79-,80-/m0/s1. The van der Waals surface area contributed by atoms with Gasteiger partial charge in [0, 0.05) is 20.3 Å². The molecular weight excluding hydrogens is 1530 g/mol. The molecule has 6 aliphatic rings. The van der Waals surface area contributed by atoms with Crippen LogP contribution in [0.3, 0.4) is 0 Å². The van der Waals surface area contributed by atoms with Crippen molar-refractivity contribution in [2.75, 3.05) is 46.2 Å². The van der Waals surface area contributed by atoms with Crippen molar-refractivity contribution in [3.8, 4) is 0 Å². The lowest BCUT2D eigenvalue weighted by Gasteiger charge is -2.51. The molecule has 6 aliphatic heterocycles. The van der Waals surface area contributed by atoms with Gasteiger partial charge in [0.1, 0.15) is 146 Å². The summed E-state index contributed by atoms with van der Waals surface area (Å²) in [5.74, 6) is -2.04. The summed E-state index contributed by atoms with van der Waals surface area (Å²) in [5, 5.41) is 208. The number of aliphatic hydroxyl groups excluding tert-OH is 18. The van der Waals surface area contributed by atoms with Crippen LogP contribution in [0.15, 0.2) is 12.2 Å². The Morgan fingerprint density at radius 3 is 1.00 bits per heavy atom. The third kappa shape index (κ3) is 31.6. The number of unbranched alkanes of at least 4 members (excludes halogenated alkanes) is 29. The van der Waals surface area contributed by atoms with E-state index < -0.39 is 254 Å². The summed E-state index contributed by atoms with van der Waals surface area (Å²) in [5.41, 5.74) is 0. The Kier molecular flexibility index (Phi) is 48.5. The zero-order valence-electron chi connectivity index (χ0n) is 68.4. The van der Waals surface area contributed by atoms with E-state index in [4.69, 9.17) is 56.8 Å². The van der Waals surface area contributed by atoms with Crippen molar-refractivity contribution in [3.63, 3.8) is 0 Å². The van der Waals surface area contributed by atoms with Crippen molar-refractivity contribution in [2.45, 2.75) is 429 Å². The number of carbonyl (C=O) groups is 3. The van der Waals surface area contributed by atoms with Gasteiger partial charge in [0.05, 0.1) is 58.4 Å². The molecule has 116 heavy (non-hydrogen) atoms. The number of rotatable bonds is 56. The predicted molar refractivity (Wildman–Crippen MR) is 412 cm³/mol. The molecule has 36 heteroatoms. The number of ether oxygens (including phenoxy) is 12. The number of carbonyl (C=O) groups excluding carboxylic acids is 3. The molecule has 6 rings (SSSR count). The zero-order valence-corrected chi connectivity index (χ0v) is 68.4. The van der Waals surface area contributed by atoms with Crippen LogP contribution >= 0.6 is 0 Å². The maximum Gasteiger partial charge on any atom is 0.220 e. The van der Waals surface area contributed by atoms with Gasteiger partial charge < -0.3 is 165 Å². The van der Waals surface area contributed by atoms with Gasteiger partial charge in [0.15, 0.2) is 37.7 Å². The Balaban J connectivity index is 1.07. The SMILES string of the molecule is CCCCCCCCCCCCC/C=C/[C@@H](O)[C@H](CO[C@@H]1OC(CO)[C@@H](O[C@@H]2OC(CO)[C@H](O)[C@H](O[C@@H]3OC(CO)[C@@H](O[C@@H]4OC(CO)[C@H](O)[C@H](O[C@H]5OC(CO)[C@@H](O[C@@H]6OC(CO)[C@H](O)[C@H](O)C6O)[C@H](O)C5NC(C)=O)C4O)[C@H](O)C3NC(C)=O)C2O)[C@H](O)C1O)NC(=O)CCCCCCCCCCCCCCCCCCCCC. The van der Waals surface area contributed by atoms with Gasteiger partial charge in [-0.3, -0.25) is 14.4 Å².